The van der Waals surface area contributed by atoms with E-state index in [-0.39, 0.29) is 17.9 Å². The smallest absolute Gasteiger partial charge is 0.369 e. The highest BCUT2D eigenvalue weighted by molar-refractivity contribution is 7.89. The fraction of sp³-hybridized carbons (Fsp3) is 0.389. The number of H-pyrrole nitrogens is 1. The number of piperidine rings is 1. The monoisotopic (exact) mass is 455 g/mol. The third-order valence-corrected chi connectivity index (χ3v) is 6.65. The lowest BCUT2D eigenvalue weighted by Gasteiger charge is -2.36. The number of imidazole rings is 1. The van der Waals surface area contributed by atoms with Gasteiger partial charge in [0.25, 0.3) is 0 Å². The lowest BCUT2D eigenvalue weighted by Crippen LogP contribution is -2.42. The summed E-state index contributed by atoms with van der Waals surface area (Å²) < 4.78 is 66.8. The van der Waals surface area contributed by atoms with Crippen LogP contribution in [-0.4, -0.2) is 54.7 Å². The molecular weight excluding hydrogens is 435 g/mol. The van der Waals surface area contributed by atoms with Crippen LogP contribution < -0.4 is 14.9 Å². The van der Waals surface area contributed by atoms with Gasteiger partial charge in [0.1, 0.15) is 12.1 Å². The van der Waals surface area contributed by atoms with Gasteiger partial charge in [0.2, 0.25) is 10.0 Å². The van der Waals surface area contributed by atoms with E-state index in [1.165, 1.54) is 37.9 Å². The highest BCUT2D eigenvalue weighted by Crippen LogP contribution is 2.39. The normalized spacial score (nSPS) is 17.8. The lowest BCUT2D eigenvalue weighted by molar-refractivity contribution is -0.175. The van der Waals surface area contributed by atoms with E-state index in [4.69, 9.17) is 0 Å². The summed E-state index contributed by atoms with van der Waals surface area (Å²) in [5, 5.41) is 3.08. The number of sulfonamides is 1. The van der Waals surface area contributed by atoms with Crippen LogP contribution in [0.15, 0.2) is 35.7 Å². The van der Waals surface area contributed by atoms with E-state index in [1.807, 2.05) is 0 Å². The van der Waals surface area contributed by atoms with E-state index < -0.39 is 22.1 Å². The Labute approximate surface area is 176 Å². The minimum atomic E-state index is -4.29. The number of hydrogen-bond acceptors (Lipinski definition) is 7. The number of anilines is 3. The molecule has 0 radical (unpaired) electrons. The van der Waals surface area contributed by atoms with Gasteiger partial charge in [-0.1, -0.05) is 0 Å². The summed E-state index contributed by atoms with van der Waals surface area (Å²) >= 11 is 0. The molecule has 0 bridgehead atoms. The fourth-order valence-electron chi connectivity index (χ4n) is 3.63. The average Bonchev–Trinajstić information content (AvgIpc) is 3.23. The second-order valence-electron chi connectivity index (χ2n) is 7.16. The van der Waals surface area contributed by atoms with E-state index >= 15 is 0 Å². The van der Waals surface area contributed by atoms with Crippen LogP contribution >= 0.6 is 0 Å². The summed E-state index contributed by atoms with van der Waals surface area (Å²) in [6, 6.07) is 4.27. The van der Waals surface area contributed by atoms with Gasteiger partial charge in [-0.15, -0.1) is 0 Å². The number of rotatable bonds is 5. The van der Waals surface area contributed by atoms with Crippen molar-refractivity contribution in [1.29, 1.82) is 0 Å². The minimum Gasteiger partial charge on any atom is -0.369 e. The van der Waals surface area contributed by atoms with Crippen molar-refractivity contribution >= 4 is 27.2 Å². The van der Waals surface area contributed by atoms with Crippen molar-refractivity contribution in [2.45, 2.75) is 23.9 Å². The molecule has 31 heavy (non-hydrogen) atoms. The molecule has 1 aromatic carbocycles. The van der Waals surface area contributed by atoms with Gasteiger partial charge in [-0.05, 0) is 38.1 Å². The number of hydrogen-bond donors (Lipinski definition) is 3. The Morgan fingerprint density at radius 2 is 2.03 bits per heavy atom. The van der Waals surface area contributed by atoms with Crippen molar-refractivity contribution in [3.8, 4) is 11.5 Å². The van der Waals surface area contributed by atoms with Gasteiger partial charge in [-0.25, -0.2) is 28.1 Å². The molecule has 3 aliphatic heterocycles. The number of alkyl halides is 3. The molecule has 1 aromatic rings. The first-order valence-corrected chi connectivity index (χ1v) is 11.0. The third-order valence-electron chi connectivity index (χ3n) is 5.24. The Balaban J connectivity index is 1.75. The molecular formula is C18H20F3N7O2S. The molecule has 4 rings (SSSR count). The van der Waals surface area contributed by atoms with Crippen molar-refractivity contribution in [2.24, 2.45) is 5.92 Å². The van der Waals surface area contributed by atoms with Crippen LogP contribution in [0.2, 0.25) is 0 Å². The molecule has 1 fully saturated rings. The van der Waals surface area contributed by atoms with E-state index in [0.717, 1.165) is 0 Å². The van der Waals surface area contributed by atoms with Crippen LogP contribution in [0, 0.1) is 5.92 Å². The fourth-order valence-corrected chi connectivity index (χ4v) is 4.38. The molecule has 0 amide bonds. The van der Waals surface area contributed by atoms with E-state index in [1.54, 1.807) is 4.90 Å². The van der Waals surface area contributed by atoms with Gasteiger partial charge < -0.3 is 15.2 Å². The second-order valence-corrected chi connectivity index (χ2v) is 9.05. The third kappa shape index (κ3) is 4.28. The number of benzene rings is 1. The predicted octanol–water partition coefficient (Wildman–Crippen LogP) is 2.73. The predicted molar refractivity (Wildman–Crippen MR) is 108 cm³/mol. The number of aromatic nitrogens is 4. The maximum absolute atomic E-state index is 13.3. The molecule has 0 aromatic heterocycles. The molecule has 9 nitrogen and oxygen atoms in total. The largest absolute Gasteiger partial charge is 0.393 e. The summed E-state index contributed by atoms with van der Waals surface area (Å²) in [6.45, 7) is 0.215. The molecule has 0 saturated carbocycles. The highest BCUT2D eigenvalue weighted by Gasteiger charge is 2.42. The van der Waals surface area contributed by atoms with Crippen molar-refractivity contribution in [3.63, 3.8) is 0 Å². The number of aromatic amines is 1. The zero-order valence-corrected chi connectivity index (χ0v) is 17.3. The molecule has 166 valence electrons. The van der Waals surface area contributed by atoms with Gasteiger partial charge in [0.15, 0.2) is 11.5 Å². The lowest BCUT2D eigenvalue weighted by atomic mass is 9.97. The molecule has 3 heterocycles. The first-order valence-electron chi connectivity index (χ1n) is 9.49. The number of halogens is 3. The van der Waals surface area contributed by atoms with Crippen molar-refractivity contribution in [3.05, 3.63) is 30.9 Å². The molecule has 13 heteroatoms. The van der Waals surface area contributed by atoms with Crippen molar-refractivity contribution < 1.29 is 21.6 Å². The quantitative estimate of drug-likeness (QED) is 0.542. The van der Waals surface area contributed by atoms with Gasteiger partial charge in [-0.3, -0.25) is 0 Å². The van der Waals surface area contributed by atoms with Crippen molar-refractivity contribution in [2.75, 3.05) is 30.4 Å². The summed E-state index contributed by atoms with van der Waals surface area (Å²) in [4.78, 5) is 16.7. The van der Waals surface area contributed by atoms with Gasteiger partial charge >= 0.3 is 6.18 Å². The zero-order valence-electron chi connectivity index (χ0n) is 16.4. The first-order chi connectivity index (χ1) is 14.7. The first kappa shape index (κ1) is 21.3. The average molecular weight is 455 g/mol. The van der Waals surface area contributed by atoms with Crippen LogP contribution in [0.3, 0.4) is 0 Å². The number of nitrogens with zero attached hydrogens (tertiary/aromatic N) is 4. The molecule has 1 atom stereocenters. The molecule has 3 aliphatic rings. The zero-order chi connectivity index (χ0) is 22.2. The SMILES string of the molecule is CNS(=O)(=O)c1ccc(N2CCCC(C(F)(F)F)C2)c(Nc2[nH]cnc3ncnc2-3)c1. The minimum absolute atomic E-state index is 0.0236. The summed E-state index contributed by atoms with van der Waals surface area (Å²) in [7, 11) is -2.48. The van der Waals surface area contributed by atoms with Gasteiger partial charge in [0, 0.05) is 13.1 Å². The van der Waals surface area contributed by atoms with Crippen LogP contribution in [0.5, 0.6) is 0 Å². The number of nitrogens with one attached hydrogen (secondary N) is 3. The maximum atomic E-state index is 13.3. The Morgan fingerprint density at radius 1 is 1.23 bits per heavy atom. The Hall–Kier alpha value is -2.93. The topological polar surface area (TPSA) is 116 Å². The van der Waals surface area contributed by atoms with E-state index in [2.05, 4.69) is 30.0 Å². The van der Waals surface area contributed by atoms with Crippen LogP contribution in [0.1, 0.15) is 12.8 Å². The second kappa shape index (κ2) is 7.96. The highest BCUT2D eigenvalue weighted by atomic mass is 32.2. The molecule has 0 spiro atoms. The van der Waals surface area contributed by atoms with Crippen LogP contribution in [-0.2, 0) is 10.0 Å². The van der Waals surface area contributed by atoms with Crippen LogP contribution in [0.25, 0.3) is 11.5 Å². The maximum Gasteiger partial charge on any atom is 0.393 e. The number of fused-ring (bicyclic) bond motifs is 1. The summed E-state index contributed by atoms with van der Waals surface area (Å²) in [5.74, 6) is -0.681. The molecule has 0 aliphatic carbocycles. The van der Waals surface area contributed by atoms with Gasteiger partial charge in [0.05, 0.1) is 28.5 Å². The Bertz CT molecular complexity index is 1150. The molecule has 1 saturated heterocycles. The summed E-state index contributed by atoms with van der Waals surface area (Å²) in [5.41, 5.74) is 1.20. The standard InChI is InChI=1S/C18H20F3N7O2S/c1-22-31(29,30)12-4-5-14(28-6-2-3-11(8-28)18(19,20)21)13(7-12)27-17-15-16(24-9-23-15)25-10-26-17/h4-5,7,9-11,22H,2-3,6,8H2,1H3,(H2,23,24,25,26,27). The van der Waals surface area contributed by atoms with E-state index in [0.29, 0.717) is 41.7 Å². The van der Waals surface area contributed by atoms with E-state index in [9.17, 15) is 21.6 Å². The summed E-state index contributed by atoms with van der Waals surface area (Å²) in [6.07, 6.45) is -1.12. The Morgan fingerprint density at radius 3 is 2.77 bits per heavy atom. The molecule has 3 N–H and O–H groups in total. The van der Waals surface area contributed by atoms with Crippen molar-refractivity contribution in [1.82, 2.24) is 24.7 Å². The van der Waals surface area contributed by atoms with Crippen LogP contribution in [0.4, 0.5) is 30.4 Å². The Kier molecular flexibility index (Phi) is 5.47. The van der Waals surface area contributed by atoms with Gasteiger partial charge in [-0.2, -0.15) is 13.2 Å². The molecule has 1 unspecified atom stereocenters.